The summed E-state index contributed by atoms with van der Waals surface area (Å²) in [7, 11) is 0. The van der Waals surface area contributed by atoms with Gasteiger partial charge in [-0.15, -0.1) is 0 Å². The van der Waals surface area contributed by atoms with E-state index in [1.807, 2.05) is 18.2 Å². The second kappa shape index (κ2) is 5.09. The van der Waals surface area contributed by atoms with Crippen LogP contribution in [0.15, 0.2) is 30.3 Å². The van der Waals surface area contributed by atoms with E-state index in [1.54, 1.807) is 12.1 Å². The molecule has 1 aliphatic heterocycles. The maximum atomic E-state index is 11.8. The molecule has 0 unspecified atom stereocenters. The van der Waals surface area contributed by atoms with Gasteiger partial charge in [-0.05, 0) is 25.1 Å². The molecule has 1 heterocycles. The van der Waals surface area contributed by atoms with Crippen molar-refractivity contribution >= 4 is 5.91 Å². The molecule has 1 aliphatic rings. The summed E-state index contributed by atoms with van der Waals surface area (Å²) in [5.74, 6) is -0.119. The highest BCUT2D eigenvalue weighted by atomic mass is 16.3. The standard InChI is InChI=1S/C12H16N2O2/c15-11-8-13-7-6-10(11)14-12(16)9-4-2-1-3-5-9/h1-5,10-11,13,15H,6-8H2,(H,14,16)/t10-,11-/m1/s1. The lowest BCUT2D eigenvalue weighted by Crippen LogP contribution is -2.52. The van der Waals surface area contributed by atoms with Gasteiger partial charge in [-0.2, -0.15) is 0 Å². The van der Waals surface area contributed by atoms with E-state index in [-0.39, 0.29) is 11.9 Å². The molecule has 2 atom stereocenters. The van der Waals surface area contributed by atoms with Crippen LogP contribution in [0.2, 0.25) is 0 Å². The summed E-state index contributed by atoms with van der Waals surface area (Å²) in [5.41, 5.74) is 0.633. The molecule has 0 radical (unpaired) electrons. The first-order chi connectivity index (χ1) is 7.77. The normalized spacial score (nSPS) is 25.1. The molecule has 0 spiro atoms. The summed E-state index contributed by atoms with van der Waals surface area (Å²) >= 11 is 0. The number of hydrogen-bond acceptors (Lipinski definition) is 3. The number of aliphatic hydroxyl groups excluding tert-OH is 1. The lowest BCUT2D eigenvalue weighted by atomic mass is 10.0. The fourth-order valence-corrected chi connectivity index (χ4v) is 1.85. The van der Waals surface area contributed by atoms with Crippen molar-refractivity contribution in [3.8, 4) is 0 Å². The number of nitrogens with one attached hydrogen (secondary N) is 2. The van der Waals surface area contributed by atoms with Crippen molar-refractivity contribution in [2.75, 3.05) is 13.1 Å². The van der Waals surface area contributed by atoms with Crippen molar-refractivity contribution in [3.05, 3.63) is 35.9 Å². The van der Waals surface area contributed by atoms with Gasteiger partial charge in [0.2, 0.25) is 0 Å². The Bertz CT molecular complexity index is 353. The van der Waals surface area contributed by atoms with E-state index in [4.69, 9.17) is 0 Å². The average molecular weight is 220 g/mol. The number of hydrogen-bond donors (Lipinski definition) is 3. The monoisotopic (exact) mass is 220 g/mol. The van der Waals surface area contributed by atoms with E-state index in [0.717, 1.165) is 13.0 Å². The maximum absolute atomic E-state index is 11.8. The highest BCUT2D eigenvalue weighted by molar-refractivity contribution is 5.94. The first-order valence-electron chi connectivity index (χ1n) is 5.52. The topological polar surface area (TPSA) is 61.4 Å². The molecule has 0 aliphatic carbocycles. The number of amides is 1. The van der Waals surface area contributed by atoms with Crippen LogP contribution in [0, 0.1) is 0 Å². The number of carbonyl (C=O) groups excluding carboxylic acids is 1. The molecule has 4 heteroatoms. The van der Waals surface area contributed by atoms with Crippen LogP contribution in [-0.2, 0) is 0 Å². The molecule has 0 aromatic heterocycles. The molecular weight excluding hydrogens is 204 g/mol. The predicted octanol–water partition coefficient (Wildman–Crippen LogP) is 0.139. The molecule has 0 saturated carbocycles. The van der Waals surface area contributed by atoms with Gasteiger partial charge in [0.1, 0.15) is 0 Å². The Balaban J connectivity index is 1.96. The second-order valence-corrected chi connectivity index (χ2v) is 4.01. The van der Waals surface area contributed by atoms with E-state index in [0.29, 0.717) is 12.1 Å². The van der Waals surface area contributed by atoms with Crippen LogP contribution < -0.4 is 10.6 Å². The summed E-state index contributed by atoms with van der Waals surface area (Å²) < 4.78 is 0. The summed E-state index contributed by atoms with van der Waals surface area (Å²) in [5, 5.41) is 15.6. The molecule has 2 rings (SSSR count). The Hall–Kier alpha value is -1.39. The van der Waals surface area contributed by atoms with Gasteiger partial charge >= 0.3 is 0 Å². The van der Waals surface area contributed by atoms with Gasteiger partial charge < -0.3 is 15.7 Å². The van der Waals surface area contributed by atoms with Gasteiger partial charge in [-0.25, -0.2) is 0 Å². The van der Waals surface area contributed by atoms with Gasteiger partial charge in [-0.3, -0.25) is 4.79 Å². The predicted molar refractivity (Wildman–Crippen MR) is 61.2 cm³/mol. The van der Waals surface area contributed by atoms with Crippen molar-refractivity contribution in [2.45, 2.75) is 18.6 Å². The molecule has 86 valence electrons. The van der Waals surface area contributed by atoms with Crippen LogP contribution >= 0.6 is 0 Å². The van der Waals surface area contributed by atoms with Gasteiger partial charge in [0.05, 0.1) is 12.1 Å². The van der Waals surface area contributed by atoms with Crippen molar-refractivity contribution in [2.24, 2.45) is 0 Å². The Labute approximate surface area is 94.7 Å². The zero-order valence-electron chi connectivity index (χ0n) is 9.02. The molecule has 0 bridgehead atoms. The lowest BCUT2D eigenvalue weighted by molar-refractivity contribution is 0.0765. The maximum Gasteiger partial charge on any atom is 0.251 e. The highest BCUT2D eigenvalue weighted by Gasteiger charge is 2.24. The quantitative estimate of drug-likeness (QED) is 0.664. The molecule has 1 saturated heterocycles. The lowest BCUT2D eigenvalue weighted by Gasteiger charge is -2.29. The molecule has 1 aromatic carbocycles. The van der Waals surface area contributed by atoms with Gasteiger partial charge in [0, 0.05) is 12.1 Å². The Kier molecular flexibility index (Phi) is 3.54. The van der Waals surface area contributed by atoms with Crippen molar-refractivity contribution in [3.63, 3.8) is 0 Å². The number of carbonyl (C=O) groups is 1. The molecular formula is C12H16N2O2. The first kappa shape index (κ1) is 11.1. The number of rotatable bonds is 2. The highest BCUT2D eigenvalue weighted by Crippen LogP contribution is 2.05. The third kappa shape index (κ3) is 2.59. The van der Waals surface area contributed by atoms with Crippen LogP contribution in [0.1, 0.15) is 16.8 Å². The summed E-state index contributed by atoms with van der Waals surface area (Å²) in [6, 6.07) is 8.91. The van der Waals surface area contributed by atoms with Gasteiger partial charge in [0.15, 0.2) is 0 Å². The number of β-amino-alcohol motifs (C(OH)–C–C–N with tert-alkyl or cyclic N) is 1. The van der Waals surface area contributed by atoms with Crippen LogP contribution in [0.4, 0.5) is 0 Å². The number of piperidine rings is 1. The molecule has 1 aromatic rings. The Morgan fingerprint density at radius 1 is 1.38 bits per heavy atom. The SMILES string of the molecule is O=C(N[C@@H]1CCNC[C@H]1O)c1ccccc1. The molecule has 1 fully saturated rings. The van der Waals surface area contributed by atoms with Crippen LogP contribution in [0.3, 0.4) is 0 Å². The fraction of sp³-hybridized carbons (Fsp3) is 0.417. The van der Waals surface area contributed by atoms with Crippen LogP contribution in [0.5, 0.6) is 0 Å². The molecule has 3 N–H and O–H groups in total. The smallest absolute Gasteiger partial charge is 0.251 e. The van der Waals surface area contributed by atoms with E-state index in [9.17, 15) is 9.90 Å². The minimum absolute atomic E-state index is 0.119. The van der Waals surface area contributed by atoms with Crippen molar-refractivity contribution in [1.29, 1.82) is 0 Å². The molecule has 1 amide bonds. The van der Waals surface area contributed by atoms with E-state index in [1.165, 1.54) is 0 Å². The Morgan fingerprint density at radius 3 is 2.81 bits per heavy atom. The van der Waals surface area contributed by atoms with Crippen molar-refractivity contribution in [1.82, 2.24) is 10.6 Å². The Morgan fingerprint density at radius 2 is 2.12 bits per heavy atom. The van der Waals surface area contributed by atoms with Gasteiger partial charge in [-0.1, -0.05) is 18.2 Å². The molecule has 4 nitrogen and oxygen atoms in total. The zero-order valence-corrected chi connectivity index (χ0v) is 9.02. The summed E-state index contributed by atoms with van der Waals surface area (Å²) in [6.07, 6.45) is 0.265. The number of benzene rings is 1. The fourth-order valence-electron chi connectivity index (χ4n) is 1.85. The third-order valence-corrected chi connectivity index (χ3v) is 2.80. The van der Waals surface area contributed by atoms with Gasteiger partial charge in [0.25, 0.3) is 5.91 Å². The second-order valence-electron chi connectivity index (χ2n) is 4.01. The van der Waals surface area contributed by atoms with E-state index >= 15 is 0 Å². The van der Waals surface area contributed by atoms with E-state index < -0.39 is 6.10 Å². The zero-order chi connectivity index (χ0) is 11.4. The summed E-state index contributed by atoms with van der Waals surface area (Å²) in [6.45, 7) is 1.37. The van der Waals surface area contributed by atoms with Crippen LogP contribution in [-0.4, -0.2) is 36.2 Å². The molecule has 16 heavy (non-hydrogen) atoms. The van der Waals surface area contributed by atoms with Crippen LogP contribution in [0.25, 0.3) is 0 Å². The third-order valence-electron chi connectivity index (χ3n) is 2.80. The summed E-state index contributed by atoms with van der Waals surface area (Å²) in [4.78, 5) is 11.8. The average Bonchev–Trinajstić information content (AvgIpc) is 2.33. The largest absolute Gasteiger partial charge is 0.390 e. The minimum atomic E-state index is -0.499. The first-order valence-corrected chi connectivity index (χ1v) is 5.52. The number of aliphatic hydroxyl groups is 1. The minimum Gasteiger partial charge on any atom is -0.390 e. The van der Waals surface area contributed by atoms with E-state index in [2.05, 4.69) is 10.6 Å². The van der Waals surface area contributed by atoms with Crippen molar-refractivity contribution < 1.29 is 9.90 Å².